The molecule has 3 aromatic rings. The van der Waals surface area contributed by atoms with E-state index in [1.807, 2.05) is 55.8 Å². The predicted octanol–water partition coefficient (Wildman–Crippen LogP) is 3.71. The number of hydrogen-bond acceptors (Lipinski definition) is 4. The van der Waals surface area contributed by atoms with Gasteiger partial charge in [-0.1, -0.05) is 24.3 Å². The first-order chi connectivity index (χ1) is 13.3. The SMILES string of the molecule is Cc1cc(C)n(C(C)CC(=O)Nc2ccc(OCC(=O)O)c3ccccc23)n1. The maximum Gasteiger partial charge on any atom is 0.341 e. The molecule has 1 aromatic heterocycles. The Morgan fingerprint density at radius 3 is 2.54 bits per heavy atom. The second-order valence-electron chi connectivity index (χ2n) is 6.81. The van der Waals surface area contributed by atoms with Crippen molar-refractivity contribution in [3.05, 3.63) is 53.9 Å². The fourth-order valence-corrected chi connectivity index (χ4v) is 3.29. The zero-order valence-corrected chi connectivity index (χ0v) is 16.1. The number of hydrogen-bond donors (Lipinski definition) is 2. The van der Waals surface area contributed by atoms with Gasteiger partial charge in [-0.15, -0.1) is 0 Å². The normalized spacial score (nSPS) is 12.0. The van der Waals surface area contributed by atoms with E-state index in [9.17, 15) is 9.59 Å². The quantitative estimate of drug-likeness (QED) is 0.651. The monoisotopic (exact) mass is 381 g/mol. The molecule has 0 spiro atoms. The summed E-state index contributed by atoms with van der Waals surface area (Å²) in [5, 5.41) is 17.8. The summed E-state index contributed by atoms with van der Waals surface area (Å²) in [5.74, 6) is -0.698. The van der Waals surface area contributed by atoms with Crippen molar-refractivity contribution in [1.29, 1.82) is 0 Å². The van der Waals surface area contributed by atoms with Crippen LogP contribution in [-0.4, -0.2) is 33.4 Å². The number of aliphatic carboxylic acids is 1. The summed E-state index contributed by atoms with van der Waals surface area (Å²) in [6, 6.07) is 12.7. The maximum absolute atomic E-state index is 12.6. The van der Waals surface area contributed by atoms with Crippen molar-refractivity contribution in [2.45, 2.75) is 33.2 Å². The van der Waals surface area contributed by atoms with Gasteiger partial charge in [-0.2, -0.15) is 5.10 Å². The molecule has 7 heteroatoms. The molecule has 0 saturated heterocycles. The molecular weight excluding hydrogens is 358 g/mol. The Morgan fingerprint density at radius 2 is 1.89 bits per heavy atom. The van der Waals surface area contributed by atoms with Crippen LogP contribution in [-0.2, 0) is 9.59 Å². The molecule has 3 rings (SSSR count). The molecule has 1 heterocycles. The molecule has 0 fully saturated rings. The molecule has 1 unspecified atom stereocenters. The highest BCUT2D eigenvalue weighted by Gasteiger charge is 2.16. The summed E-state index contributed by atoms with van der Waals surface area (Å²) in [4.78, 5) is 23.4. The molecule has 146 valence electrons. The van der Waals surface area contributed by atoms with Gasteiger partial charge in [0, 0.05) is 28.6 Å². The number of carboxylic acids is 1. The second kappa shape index (κ2) is 8.12. The molecular formula is C21H23N3O4. The highest BCUT2D eigenvalue weighted by molar-refractivity contribution is 6.04. The molecule has 0 saturated carbocycles. The Kier molecular flexibility index (Phi) is 5.63. The van der Waals surface area contributed by atoms with Gasteiger partial charge in [0.25, 0.3) is 0 Å². The van der Waals surface area contributed by atoms with E-state index in [1.54, 1.807) is 12.1 Å². The van der Waals surface area contributed by atoms with Crippen LogP contribution in [0.5, 0.6) is 5.75 Å². The zero-order valence-electron chi connectivity index (χ0n) is 16.1. The minimum Gasteiger partial charge on any atom is -0.481 e. The van der Waals surface area contributed by atoms with Crippen molar-refractivity contribution in [1.82, 2.24) is 9.78 Å². The first kappa shape index (κ1) is 19.4. The van der Waals surface area contributed by atoms with E-state index in [1.165, 1.54) is 0 Å². The lowest BCUT2D eigenvalue weighted by Gasteiger charge is -2.16. The minimum atomic E-state index is -1.04. The standard InChI is InChI=1S/C21H23N3O4/c1-13-10-14(2)24(23-13)15(3)11-20(25)22-18-8-9-19(28-12-21(26)27)17-7-5-4-6-16(17)18/h4-10,15H,11-12H2,1-3H3,(H,22,25)(H,26,27). The van der Waals surface area contributed by atoms with Crippen LogP contribution in [0, 0.1) is 13.8 Å². The number of nitrogens with zero attached hydrogens (tertiary/aromatic N) is 2. The van der Waals surface area contributed by atoms with Crippen molar-refractivity contribution < 1.29 is 19.4 Å². The van der Waals surface area contributed by atoms with Crippen LogP contribution < -0.4 is 10.1 Å². The smallest absolute Gasteiger partial charge is 0.341 e. The number of carbonyl (C=O) groups is 2. The third kappa shape index (κ3) is 4.31. The van der Waals surface area contributed by atoms with Gasteiger partial charge in [-0.05, 0) is 39.0 Å². The van der Waals surface area contributed by atoms with Crippen molar-refractivity contribution in [2.24, 2.45) is 0 Å². The molecule has 0 aliphatic carbocycles. The number of benzene rings is 2. The number of fused-ring (bicyclic) bond motifs is 1. The fourth-order valence-electron chi connectivity index (χ4n) is 3.29. The lowest BCUT2D eigenvalue weighted by molar-refractivity contribution is -0.139. The lowest BCUT2D eigenvalue weighted by atomic mass is 10.1. The van der Waals surface area contributed by atoms with Crippen molar-refractivity contribution >= 4 is 28.3 Å². The van der Waals surface area contributed by atoms with Crippen LogP contribution in [0.15, 0.2) is 42.5 Å². The van der Waals surface area contributed by atoms with Gasteiger partial charge < -0.3 is 15.2 Å². The number of ether oxygens (including phenoxy) is 1. The Morgan fingerprint density at radius 1 is 1.18 bits per heavy atom. The van der Waals surface area contributed by atoms with Gasteiger partial charge in [-0.3, -0.25) is 9.48 Å². The van der Waals surface area contributed by atoms with E-state index in [0.29, 0.717) is 11.4 Å². The first-order valence-electron chi connectivity index (χ1n) is 9.04. The number of anilines is 1. The van der Waals surface area contributed by atoms with Crippen LogP contribution in [0.25, 0.3) is 10.8 Å². The molecule has 2 N–H and O–H groups in total. The number of carbonyl (C=O) groups excluding carboxylic acids is 1. The highest BCUT2D eigenvalue weighted by Crippen LogP contribution is 2.32. The van der Waals surface area contributed by atoms with Crippen LogP contribution in [0.2, 0.25) is 0 Å². The Hall–Kier alpha value is -3.35. The number of aromatic nitrogens is 2. The van der Waals surface area contributed by atoms with Gasteiger partial charge in [0.2, 0.25) is 5.91 Å². The molecule has 0 radical (unpaired) electrons. The topological polar surface area (TPSA) is 93.5 Å². The largest absolute Gasteiger partial charge is 0.481 e. The third-order valence-electron chi connectivity index (χ3n) is 4.45. The maximum atomic E-state index is 12.6. The molecule has 0 bridgehead atoms. The van der Waals surface area contributed by atoms with E-state index in [4.69, 9.17) is 9.84 Å². The summed E-state index contributed by atoms with van der Waals surface area (Å²) in [6.07, 6.45) is 0.285. The summed E-state index contributed by atoms with van der Waals surface area (Å²) >= 11 is 0. The summed E-state index contributed by atoms with van der Waals surface area (Å²) in [7, 11) is 0. The van der Waals surface area contributed by atoms with E-state index in [-0.39, 0.29) is 18.4 Å². The predicted molar refractivity (Wildman–Crippen MR) is 107 cm³/mol. The number of aryl methyl sites for hydroxylation is 2. The number of rotatable bonds is 7. The summed E-state index contributed by atoms with van der Waals surface area (Å²) in [6.45, 7) is 5.43. The van der Waals surface area contributed by atoms with Gasteiger partial charge in [0.15, 0.2) is 6.61 Å². The Labute approximate surface area is 162 Å². The summed E-state index contributed by atoms with van der Waals surface area (Å²) < 4.78 is 7.21. The van der Waals surface area contributed by atoms with E-state index in [2.05, 4.69) is 10.4 Å². The van der Waals surface area contributed by atoms with Gasteiger partial charge in [-0.25, -0.2) is 4.79 Å². The number of amides is 1. The first-order valence-corrected chi connectivity index (χ1v) is 9.04. The Balaban J connectivity index is 1.78. The second-order valence-corrected chi connectivity index (χ2v) is 6.81. The highest BCUT2D eigenvalue weighted by atomic mass is 16.5. The minimum absolute atomic E-state index is 0.0712. The zero-order chi connectivity index (χ0) is 20.3. The molecule has 1 atom stereocenters. The summed E-state index contributed by atoms with van der Waals surface area (Å²) in [5.41, 5.74) is 2.60. The number of carboxylic acid groups (broad SMARTS) is 1. The van der Waals surface area contributed by atoms with Gasteiger partial charge in [0.1, 0.15) is 5.75 Å². The Bertz CT molecular complexity index is 1030. The van der Waals surface area contributed by atoms with E-state index >= 15 is 0 Å². The van der Waals surface area contributed by atoms with Crippen LogP contribution in [0.3, 0.4) is 0 Å². The molecule has 28 heavy (non-hydrogen) atoms. The van der Waals surface area contributed by atoms with Gasteiger partial charge in [0.05, 0.1) is 11.7 Å². The molecule has 1 amide bonds. The van der Waals surface area contributed by atoms with Crippen LogP contribution in [0.1, 0.15) is 30.8 Å². The molecule has 0 aliphatic rings. The third-order valence-corrected chi connectivity index (χ3v) is 4.45. The lowest BCUT2D eigenvalue weighted by Crippen LogP contribution is -2.19. The van der Waals surface area contributed by atoms with Crippen molar-refractivity contribution in [3.63, 3.8) is 0 Å². The number of nitrogens with one attached hydrogen (secondary N) is 1. The van der Waals surface area contributed by atoms with Crippen molar-refractivity contribution in [2.75, 3.05) is 11.9 Å². The van der Waals surface area contributed by atoms with Crippen LogP contribution >= 0.6 is 0 Å². The van der Waals surface area contributed by atoms with Crippen LogP contribution in [0.4, 0.5) is 5.69 Å². The molecule has 7 nitrogen and oxygen atoms in total. The molecule has 0 aliphatic heterocycles. The fraction of sp³-hybridized carbons (Fsp3) is 0.286. The molecule has 2 aromatic carbocycles. The van der Waals surface area contributed by atoms with E-state index in [0.717, 1.165) is 22.2 Å². The average Bonchev–Trinajstić information content (AvgIpc) is 2.99. The average molecular weight is 381 g/mol. The van der Waals surface area contributed by atoms with E-state index < -0.39 is 12.6 Å². The van der Waals surface area contributed by atoms with Crippen molar-refractivity contribution in [3.8, 4) is 5.75 Å². The van der Waals surface area contributed by atoms with Gasteiger partial charge >= 0.3 is 5.97 Å².